The lowest BCUT2D eigenvalue weighted by Crippen LogP contribution is -2.38. The normalized spacial score (nSPS) is 14.4. The number of fused-ring (bicyclic) bond motifs is 1. The van der Waals surface area contributed by atoms with E-state index in [9.17, 15) is 13.9 Å². The van der Waals surface area contributed by atoms with Crippen molar-refractivity contribution in [1.82, 2.24) is 14.5 Å². The molecule has 0 aliphatic carbocycles. The van der Waals surface area contributed by atoms with Crippen LogP contribution in [0.2, 0.25) is 0 Å². The van der Waals surface area contributed by atoms with Crippen LogP contribution in [0.25, 0.3) is 11.3 Å². The number of aliphatic hydroxyl groups is 1. The molecule has 2 heterocycles. The highest BCUT2D eigenvalue weighted by atomic mass is 19.2. The molecule has 7 heteroatoms. The Balaban J connectivity index is 1.73. The highest BCUT2D eigenvalue weighted by molar-refractivity contribution is 5.76. The van der Waals surface area contributed by atoms with Gasteiger partial charge in [0.05, 0.1) is 12.6 Å². The van der Waals surface area contributed by atoms with Crippen LogP contribution in [0.1, 0.15) is 25.2 Å². The Morgan fingerprint density at radius 3 is 2.47 bits per heavy atom. The van der Waals surface area contributed by atoms with E-state index in [-0.39, 0.29) is 5.92 Å². The molecule has 0 amide bonds. The number of anilines is 2. The smallest absolute Gasteiger partial charge is 0.159 e. The number of benzene rings is 2. The molecule has 3 aromatic rings. The number of hydrogen-bond acceptors (Lipinski definition) is 4. The summed E-state index contributed by atoms with van der Waals surface area (Å²) in [6.45, 7) is 11.7. The lowest BCUT2D eigenvalue weighted by atomic mass is 10.0. The molecule has 168 valence electrons. The molecule has 0 bridgehead atoms. The van der Waals surface area contributed by atoms with Crippen molar-refractivity contribution in [1.29, 1.82) is 0 Å². The average Bonchev–Trinajstić information content (AvgIpc) is 3.13. The molecule has 1 aliphatic heterocycles. The van der Waals surface area contributed by atoms with Crippen LogP contribution in [0.5, 0.6) is 0 Å². The molecule has 2 N–H and O–H groups in total. The van der Waals surface area contributed by atoms with E-state index in [0.29, 0.717) is 36.6 Å². The number of rotatable bonds is 6. The Morgan fingerprint density at radius 1 is 1.09 bits per heavy atom. The van der Waals surface area contributed by atoms with Crippen molar-refractivity contribution in [2.45, 2.75) is 40.0 Å². The molecule has 0 radical (unpaired) electrons. The van der Waals surface area contributed by atoms with Crippen molar-refractivity contribution in [3.8, 4) is 11.3 Å². The van der Waals surface area contributed by atoms with Crippen LogP contribution < -0.4 is 5.32 Å². The average molecular weight is 439 g/mol. The largest absolute Gasteiger partial charge is 0.387 e. The van der Waals surface area contributed by atoms with Gasteiger partial charge in [0, 0.05) is 30.0 Å². The van der Waals surface area contributed by atoms with Gasteiger partial charge in [-0.15, -0.1) is 0 Å². The third kappa shape index (κ3) is 4.25. The monoisotopic (exact) mass is 438 g/mol. The maximum absolute atomic E-state index is 14.0. The van der Waals surface area contributed by atoms with Gasteiger partial charge in [-0.1, -0.05) is 38.1 Å². The van der Waals surface area contributed by atoms with Crippen molar-refractivity contribution in [2.24, 2.45) is 5.92 Å². The number of aryl methyl sites for hydroxylation is 1. The van der Waals surface area contributed by atoms with E-state index < -0.39 is 17.7 Å². The van der Waals surface area contributed by atoms with Crippen LogP contribution in [0, 0.1) is 24.5 Å². The van der Waals surface area contributed by atoms with Gasteiger partial charge in [0.25, 0.3) is 0 Å². The van der Waals surface area contributed by atoms with Gasteiger partial charge in [0.2, 0.25) is 0 Å². The van der Waals surface area contributed by atoms with Crippen LogP contribution in [-0.4, -0.2) is 32.2 Å². The quantitative estimate of drug-likeness (QED) is 0.554. The minimum atomic E-state index is -0.912. The standard InChI is InChI=1S/C25H28F2N4O/c1-15(2)24(32)17(4)30-11-12-31-22(14-30)29-23(18-7-10-20(26)21(27)13-18)25(31)28-19-8-5-16(3)6-9-19/h5-10,13,15,24,28,32H,4,11-12,14H2,1-3H3/t24-/m1/s1. The maximum Gasteiger partial charge on any atom is 0.159 e. The first-order valence-corrected chi connectivity index (χ1v) is 10.7. The van der Waals surface area contributed by atoms with Crippen LogP contribution in [0.15, 0.2) is 54.7 Å². The van der Waals surface area contributed by atoms with Gasteiger partial charge in [0.1, 0.15) is 17.3 Å². The van der Waals surface area contributed by atoms with Crippen molar-refractivity contribution >= 4 is 11.5 Å². The molecule has 1 aromatic heterocycles. The molecule has 4 rings (SSSR count). The molecule has 0 fully saturated rings. The third-order valence-electron chi connectivity index (χ3n) is 5.86. The lowest BCUT2D eigenvalue weighted by Gasteiger charge is -2.34. The predicted molar refractivity (Wildman–Crippen MR) is 122 cm³/mol. The van der Waals surface area contributed by atoms with Crippen molar-refractivity contribution in [3.63, 3.8) is 0 Å². The van der Waals surface area contributed by atoms with E-state index in [2.05, 4.69) is 16.5 Å². The highest BCUT2D eigenvalue weighted by Crippen LogP contribution is 2.34. The Bertz CT molecular complexity index is 1140. The first kappa shape index (κ1) is 22.0. The summed E-state index contributed by atoms with van der Waals surface area (Å²) in [6, 6.07) is 11.8. The van der Waals surface area contributed by atoms with Crippen LogP contribution in [0.4, 0.5) is 20.3 Å². The van der Waals surface area contributed by atoms with Crippen LogP contribution >= 0.6 is 0 Å². The lowest BCUT2D eigenvalue weighted by molar-refractivity contribution is 0.111. The summed E-state index contributed by atoms with van der Waals surface area (Å²) in [6.07, 6.45) is -0.632. The number of imidazole rings is 1. The Labute approximate surface area is 187 Å². The van der Waals surface area contributed by atoms with Gasteiger partial charge in [-0.05, 0) is 43.2 Å². The maximum atomic E-state index is 14.0. The van der Waals surface area contributed by atoms with Gasteiger partial charge >= 0.3 is 0 Å². The summed E-state index contributed by atoms with van der Waals surface area (Å²) in [7, 11) is 0. The van der Waals surface area contributed by atoms with Gasteiger partial charge < -0.3 is 19.9 Å². The van der Waals surface area contributed by atoms with Crippen LogP contribution in [-0.2, 0) is 13.1 Å². The first-order chi connectivity index (χ1) is 15.2. The molecule has 0 spiro atoms. The van der Waals surface area contributed by atoms with Gasteiger partial charge in [-0.25, -0.2) is 13.8 Å². The Hall–Kier alpha value is -3.19. The topological polar surface area (TPSA) is 53.3 Å². The molecule has 5 nitrogen and oxygen atoms in total. The van der Waals surface area contributed by atoms with E-state index in [1.165, 1.54) is 12.1 Å². The summed E-state index contributed by atoms with van der Waals surface area (Å²) in [5, 5.41) is 13.9. The number of aliphatic hydroxyl groups excluding tert-OH is 1. The Kier molecular flexibility index (Phi) is 6.02. The van der Waals surface area contributed by atoms with Gasteiger partial charge in [-0.2, -0.15) is 0 Å². The molecule has 1 atom stereocenters. The molecular weight excluding hydrogens is 410 g/mol. The minimum absolute atomic E-state index is 0.0562. The number of nitrogens with one attached hydrogen (secondary N) is 1. The third-order valence-corrected chi connectivity index (χ3v) is 5.86. The van der Waals surface area contributed by atoms with Gasteiger partial charge in [-0.3, -0.25) is 0 Å². The number of hydrogen-bond donors (Lipinski definition) is 2. The molecule has 0 saturated carbocycles. The van der Waals surface area contributed by atoms with E-state index >= 15 is 0 Å². The second-order valence-electron chi connectivity index (χ2n) is 8.60. The number of halogens is 2. The molecular formula is C25H28F2N4O. The molecule has 32 heavy (non-hydrogen) atoms. The predicted octanol–water partition coefficient (Wildman–Crippen LogP) is 5.23. The van der Waals surface area contributed by atoms with Crippen molar-refractivity contribution in [3.05, 3.63) is 77.8 Å². The second-order valence-corrected chi connectivity index (χ2v) is 8.60. The zero-order valence-corrected chi connectivity index (χ0v) is 18.6. The number of aromatic nitrogens is 2. The van der Waals surface area contributed by atoms with Gasteiger partial charge in [0.15, 0.2) is 11.6 Å². The fourth-order valence-electron chi connectivity index (χ4n) is 3.89. The summed E-state index contributed by atoms with van der Waals surface area (Å²) >= 11 is 0. The molecule has 2 aromatic carbocycles. The minimum Gasteiger partial charge on any atom is -0.387 e. The second kappa shape index (κ2) is 8.74. The van der Waals surface area contributed by atoms with Crippen molar-refractivity contribution < 1.29 is 13.9 Å². The summed E-state index contributed by atoms with van der Waals surface area (Å²) in [4.78, 5) is 6.81. The summed E-state index contributed by atoms with van der Waals surface area (Å²) in [5.41, 5.74) is 3.73. The fourth-order valence-corrected chi connectivity index (χ4v) is 3.89. The molecule has 1 aliphatic rings. The van der Waals surface area contributed by atoms with E-state index in [1.54, 1.807) is 0 Å². The summed E-state index contributed by atoms with van der Waals surface area (Å²) < 4.78 is 29.6. The first-order valence-electron chi connectivity index (χ1n) is 10.7. The van der Waals surface area contributed by atoms with E-state index in [1.807, 2.05) is 49.9 Å². The van der Waals surface area contributed by atoms with E-state index in [0.717, 1.165) is 29.0 Å². The zero-order valence-electron chi connectivity index (χ0n) is 18.6. The molecule has 0 unspecified atom stereocenters. The van der Waals surface area contributed by atoms with Crippen LogP contribution in [0.3, 0.4) is 0 Å². The SMILES string of the molecule is C=C([C@H](O)C(C)C)N1CCn2c(nc(-c3ccc(F)c(F)c3)c2Nc2ccc(C)cc2)C1. The number of nitrogens with zero attached hydrogens (tertiary/aromatic N) is 3. The van der Waals surface area contributed by atoms with Crippen molar-refractivity contribution in [2.75, 3.05) is 11.9 Å². The zero-order chi connectivity index (χ0) is 23.0. The summed E-state index contributed by atoms with van der Waals surface area (Å²) in [5.74, 6) is -0.256. The fraction of sp³-hybridized carbons (Fsp3) is 0.320. The highest BCUT2D eigenvalue weighted by Gasteiger charge is 2.28. The molecule has 0 saturated heterocycles. The van der Waals surface area contributed by atoms with E-state index in [4.69, 9.17) is 4.98 Å². The Morgan fingerprint density at radius 2 is 1.81 bits per heavy atom.